The van der Waals surface area contributed by atoms with Crippen molar-refractivity contribution >= 4 is 28.3 Å². The monoisotopic (exact) mass is 415 g/mol. The molecule has 0 bridgehead atoms. The molecule has 1 fully saturated rings. The van der Waals surface area contributed by atoms with E-state index in [0.29, 0.717) is 17.6 Å². The molecule has 0 spiro atoms. The van der Waals surface area contributed by atoms with Gasteiger partial charge >= 0.3 is 6.01 Å². The van der Waals surface area contributed by atoms with E-state index in [4.69, 9.17) is 4.74 Å². The van der Waals surface area contributed by atoms with E-state index in [0.717, 1.165) is 40.6 Å². The Morgan fingerprint density at radius 2 is 1.90 bits per heavy atom. The summed E-state index contributed by atoms with van der Waals surface area (Å²) in [5, 5.41) is 12.0. The van der Waals surface area contributed by atoms with E-state index in [-0.39, 0.29) is 11.8 Å². The van der Waals surface area contributed by atoms with Crippen LogP contribution in [-0.2, 0) is 11.8 Å². The van der Waals surface area contributed by atoms with E-state index >= 15 is 0 Å². The second kappa shape index (κ2) is 7.67. The van der Waals surface area contributed by atoms with Crippen molar-refractivity contribution in [2.24, 2.45) is 13.0 Å². The lowest BCUT2D eigenvalue weighted by atomic mass is 10.0. The maximum atomic E-state index is 12.2. The molecular formula is C22H21N7O2. The maximum Gasteiger partial charge on any atom is 0.340 e. The third kappa shape index (κ3) is 3.89. The fourth-order valence-electron chi connectivity index (χ4n) is 3.38. The molecule has 9 heteroatoms. The Balaban J connectivity index is 1.49. The number of ether oxygens (including phenoxy) is 1. The molecule has 0 unspecified atom stereocenters. The molecule has 0 aliphatic heterocycles. The van der Waals surface area contributed by atoms with Crippen LogP contribution in [0.1, 0.15) is 12.8 Å². The summed E-state index contributed by atoms with van der Waals surface area (Å²) in [6.07, 6.45) is 7.03. The Bertz CT molecular complexity index is 1260. The fourth-order valence-corrected chi connectivity index (χ4v) is 3.38. The molecule has 3 aromatic heterocycles. The second-order valence-corrected chi connectivity index (χ2v) is 7.48. The van der Waals surface area contributed by atoms with Crippen LogP contribution in [0.4, 0.5) is 11.6 Å². The van der Waals surface area contributed by atoms with Crippen molar-refractivity contribution < 1.29 is 9.53 Å². The molecule has 2 N–H and O–H groups in total. The molecular weight excluding hydrogens is 394 g/mol. The van der Waals surface area contributed by atoms with Crippen LogP contribution in [0.3, 0.4) is 0 Å². The molecule has 0 saturated heterocycles. The van der Waals surface area contributed by atoms with Crippen molar-refractivity contribution in [1.29, 1.82) is 0 Å². The van der Waals surface area contributed by atoms with Crippen molar-refractivity contribution in [1.82, 2.24) is 24.7 Å². The molecule has 9 nitrogen and oxygen atoms in total. The molecule has 0 radical (unpaired) electrons. The van der Waals surface area contributed by atoms with Crippen LogP contribution >= 0.6 is 0 Å². The van der Waals surface area contributed by atoms with E-state index in [9.17, 15) is 4.79 Å². The zero-order chi connectivity index (χ0) is 21.4. The number of benzene rings is 1. The zero-order valence-electron chi connectivity index (χ0n) is 17.2. The van der Waals surface area contributed by atoms with Crippen molar-refractivity contribution in [3.63, 3.8) is 0 Å². The van der Waals surface area contributed by atoms with Crippen molar-refractivity contribution in [3.8, 4) is 22.9 Å². The van der Waals surface area contributed by atoms with Gasteiger partial charge in [-0.3, -0.25) is 9.48 Å². The number of nitrogens with zero attached hydrogens (tertiary/aromatic N) is 5. The Labute approximate surface area is 178 Å². The molecule has 1 aliphatic rings. The highest BCUT2D eigenvalue weighted by Crippen LogP contribution is 2.34. The molecule has 0 atom stereocenters. The molecule has 1 saturated carbocycles. The molecule has 4 aromatic rings. The van der Waals surface area contributed by atoms with Crippen LogP contribution in [-0.4, -0.2) is 37.7 Å². The third-order valence-electron chi connectivity index (χ3n) is 5.16. The van der Waals surface area contributed by atoms with E-state index in [2.05, 4.69) is 30.7 Å². The summed E-state index contributed by atoms with van der Waals surface area (Å²) in [6, 6.07) is 9.83. The topological polar surface area (TPSA) is 107 Å². The Morgan fingerprint density at radius 1 is 1.10 bits per heavy atom. The van der Waals surface area contributed by atoms with Gasteiger partial charge in [-0.05, 0) is 42.0 Å². The summed E-state index contributed by atoms with van der Waals surface area (Å²) in [5.41, 5.74) is 1.90. The number of aromatic nitrogens is 5. The predicted octanol–water partition coefficient (Wildman–Crippen LogP) is 3.61. The minimum absolute atomic E-state index is 0.0286. The largest absolute Gasteiger partial charge is 0.423 e. The lowest BCUT2D eigenvalue weighted by molar-refractivity contribution is -0.117. The quantitative estimate of drug-likeness (QED) is 0.495. The highest BCUT2D eigenvalue weighted by atomic mass is 16.5. The van der Waals surface area contributed by atoms with Gasteiger partial charge in [0, 0.05) is 43.4 Å². The molecule has 5 rings (SSSR count). The first-order chi connectivity index (χ1) is 15.1. The van der Waals surface area contributed by atoms with Gasteiger partial charge in [-0.25, -0.2) is 9.97 Å². The van der Waals surface area contributed by atoms with Crippen molar-refractivity contribution in [3.05, 3.63) is 49.1 Å². The molecule has 1 aromatic carbocycles. The molecule has 1 aliphatic carbocycles. The van der Waals surface area contributed by atoms with Gasteiger partial charge in [0.15, 0.2) is 0 Å². The molecule has 1 amide bonds. The van der Waals surface area contributed by atoms with E-state index in [1.807, 2.05) is 43.6 Å². The number of carbonyl (C=O) groups is 1. The summed E-state index contributed by atoms with van der Waals surface area (Å²) in [4.78, 5) is 25.2. The smallest absolute Gasteiger partial charge is 0.340 e. The number of nitrogens with one attached hydrogen (secondary N) is 2. The highest BCUT2D eigenvalue weighted by Gasteiger charge is 2.29. The first-order valence-corrected chi connectivity index (χ1v) is 10.0. The first kappa shape index (κ1) is 19.0. The molecule has 31 heavy (non-hydrogen) atoms. The summed E-state index contributed by atoms with van der Waals surface area (Å²) in [7, 11) is 3.61. The number of rotatable bonds is 6. The number of fused-ring (bicyclic) bond motifs is 1. The number of pyridine rings is 2. The second-order valence-electron chi connectivity index (χ2n) is 7.48. The minimum atomic E-state index is 0.0286. The van der Waals surface area contributed by atoms with Gasteiger partial charge < -0.3 is 15.4 Å². The van der Waals surface area contributed by atoms with Crippen LogP contribution in [0.2, 0.25) is 0 Å². The van der Waals surface area contributed by atoms with Crippen LogP contribution < -0.4 is 15.4 Å². The normalized spacial score (nSPS) is 13.2. The van der Waals surface area contributed by atoms with Crippen molar-refractivity contribution in [2.75, 3.05) is 17.7 Å². The Morgan fingerprint density at radius 3 is 2.58 bits per heavy atom. The number of hydrogen-bond donors (Lipinski definition) is 2. The predicted molar refractivity (Wildman–Crippen MR) is 117 cm³/mol. The summed E-state index contributed by atoms with van der Waals surface area (Å²) >= 11 is 0. The van der Waals surface area contributed by atoms with Gasteiger partial charge in [0.1, 0.15) is 23.7 Å². The molecule has 156 valence electrons. The average molecular weight is 415 g/mol. The summed E-state index contributed by atoms with van der Waals surface area (Å²) in [5.74, 6) is 2.05. The van der Waals surface area contributed by atoms with Gasteiger partial charge in [-0.15, -0.1) is 5.10 Å². The van der Waals surface area contributed by atoms with E-state index < -0.39 is 0 Å². The van der Waals surface area contributed by atoms with E-state index in [1.165, 1.54) is 0 Å². The van der Waals surface area contributed by atoms with Gasteiger partial charge in [-0.2, -0.15) is 4.98 Å². The third-order valence-corrected chi connectivity index (χ3v) is 5.16. The Hall–Kier alpha value is -4.01. The SMILES string of the molecule is CNc1ncc(-c2ccc(Oc3ncn(C)n3)cc2)c2cc(NC(=O)C3CC3)ncc12. The fraction of sp³-hybridized carbons (Fsp3) is 0.227. The number of amides is 1. The highest BCUT2D eigenvalue weighted by molar-refractivity contribution is 6.03. The number of anilines is 2. The van der Waals surface area contributed by atoms with Crippen LogP contribution in [0.25, 0.3) is 21.9 Å². The van der Waals surface area contributed by atoms with Gasteiger partial charge in [-0.1, -0.05) is 12.1 Å². The van der Waals surface area contributed by atoms with Gasteiger partial charge in [0.25, 0.3) is 0 Å². The number of carbonyl (C=O) groups excluding carboxylic acids is 1. The first-order valence-electron chi connectivity index (χ1n) is 10.0. The van der Waals surface area contributed by atoms with Crippen LogP contribution in [0.5, 0.6) is 11.8 Å². The average Bonchev–Trinajstić information content (AvgIpc) is 3.56. The molecule has 3 heterocycles. The minimum Gasteiger partial charge on any atom is -0.423 e. The van der Waals surface area contributed by atoms with Crippen molar-refractivity contribution in [2.45, 2.75) is 12.8 Å². The Kier molecular flexibility index (Phi) is 4.70. The zero-order valence-corrected chi connectivity index (χ0v) is 17.2. The number of aryl methyl sites for hydroxylation is 1. The summed E-state index contributed by atoms with van der Waals surface area (Å²) in [6.45, 7) is 0. The summed E-state index contributed by atoms with van der Waals surface area (Å²) < 4.78 is 7.26. The lowest BCUT2D eigenvalue weighted by Gasteiger charge is -2.12. The van der Waals surface area contributed by atoms with Gasteiger partial charge in [0.05, 0.1) is 0 Å². The van der Waals surface area contributed by atoms with E-state index in [1.54, 1.807) is 24.3 Å². The van der Waals surface area contributed by atoms with Crippen LogP contribution in [0.15, 0.2) is 49.1 Å². The maximum absolute atomic E-state index is 12.2. The van der Waals surface area contributed by atoms with Crippen LogP contribution in [0, 0.1) is 5.92 Å². The number of hydrogen-bond acceptors (Lipinski definition) is 7. The van der Waals surface area contributed by atoms with Gasteiger partial charge in [0.2, 0.25) is 5.91 Å². The lowest BCUT2D eigenvalue weighted by Crippen LogP contribution is -2.14. The standard InChI is InChI=1S/C22H21N7O2/c1-23-20-18-11-24-19(27-21(30)14-3-4-14)9-16(18)17(10-25-20)13-5-7-15(8-6-13)31-22-26-12-29(2)28-22/h5-12,14H,3-4H2,1-2H3,(H,23,25)(H,24,27,30).